The third kappa shape index (κ3) is 3.58. The van der Waals surface area contributed by atoms with Crippen LogP contribution in [0.2, 0.25) is 5.02 Å². The lowest BCUT2D eigenvalue weighted by molar-refractivity contribution is 0.0675. The number of benzene rings is 1. The Morgan fingerprint density at radius 2 is 2.05 bits per heavy atom. The molecule has 112 valence electrons. The summed E-state index contributed by atoms with van der Waals surface area (Å²) < 4.78 is 5.55. The Morgan fingerprint density at radius 3 is 2.62 bits per heavy atom. The van der Waals surface area contributed by atoms with Gasteiger partial charge in [-0.1, -0.05) is 11.6 Å². The van der Waals surface area contributed by atoms with E-state index in [4.69, 9.17) is 21.8 Å². The van der Waals surface area contributed by atoms with E-state index < -0.39 is 0 Å². The van der Waals surface area contributed by atoms with Crippen molar-refractivity contribution in [1.29, 1.82) is 0 Å². The van der Waals surface area contributed by atoms with E-state index in [-0.39, 0.29) is 11.9 Å². The van der Waals surface area contributed by atoms with Crippen LogP contribution in [0.1, 0.15) is 35.7 Å². The fraction of sp³-hybridized carbons (Fsp3) is 0.312. The second-order valence-corrected chi connectivity index (χ2v) is 5.69. The van der Waals surface area contributed by atoms with E-state index in [1.54, 1.807) is 23.1 Å². The number of carbonyl (C=O) groups is 1. The van der Waals surface area contributed by atoms with Crippen molar-refractivity contribution in [1.82, 2.24) is 4.90 Å². The van der Waals surface area contributed by atoms with Crippen molar-refractivity contribution < 1.29 is 9.21 Å². The molecule has 0 spiro atoms. The summed E-state index contributed by atoms with van der Waals surface area (Å²) in [7, 11) is 0. The molecule has 2 aromatic rings. The predicted molar refractivity (Wildman–Crippen MR) is 84.3 cm³/mol. The van der Waals surface area contributed by atoms with Gasteiger partial charge in [0.2, 0.25) is 0 Å². The molecule has 1 aromatic heterocycles. The molecule has 0 fully saturated rings. The highest BCUT2D eigenvalue weighted by Crippen LogP contribution is 2.23. The number of rotatable bonds is 4. The minimum absolute atomic E-state index is 0.0143. The van der Waals surface area contributed by atoms with Crippen LogP contribution in [0.5, 0.6) is 0 Å². The van der Waals surface area contributed by atoms with Crippen molar-refractivity contribution in [3.05, 3.63) is 52.4 Å². The zero-order chi connectivity index (χ0) is 15.6. The van der Waals surface area contributed by atoms with Crippen molar-refractivity contribution in [2.24, 2.45) is 0 Å². The van der Waals surface area contributed by atoms with Gasteiger partial charge in [-0.3, -0.25) is 4.79 Å². The number of nitrogen functional groups attached to an aromatic ring is 1. The summed E-state index contributed by atoms with van der Waals surface area (Å²) in [6.07, 6.45) is 0. The molecule has 0 aliphatic rings. The number of nitrogens with two attached hydrogens (primary N) is 1. The van der Waals surface area contributed by atoms with Crippen LogP contribution in [0.15, 0.2) is 34.7 Å². The Labute approximate surface area is 129 Å². The maximum absolute atomic E-state index is 12.7. The first-order chi connectivity index (χ1) is 9.88. The van der Waals surface area contributed by atoms with E-state index in [1.165, 1.54) is 0 Å². The molecule has 1 amide bonds. The SMILES string of the molecule is Cc1ccc(CN(C(=O)c2cc(N)ccc2Cl)C(C)C)o1. The van der Waals surface area contributed by atoms with Gasteiger partial charge in [-0.25, -0.2) is 0 Å². The van der Waals surface area contributed by atoms with Gasteiger partial charge in [0.25, 0.3) is 5.91 Å². The van der Waals surface area contributed by atoms with Crippen LogP contribution in [-0.4, -0.2) is 16.8 Å². The fourth-order valence-electron chi connectivity index (χ4n) is 2.09. The summed E-state index contributed by atoms with van der Waals surface area (Å²) in [5.41, 5.74) is 6.67. The van der Waals surface area contributed by atoms with E-state index in [0.717, 1.165) is 11.5 Å². The number of nitrogens with zero attached hydrogens (tertiary/aromatic N) is 1. The standard InChI is InChI=1S/C16H19ClN2O2/c1-10(2)19(9-13-6-4-11(3)21-13)16(20)14-8-12(18)5-7-15(14)17/h4-8,10H,9,18H2,1-3H3. The van der Waals surface area contributed by atoms with E-state index in [2.05, 4.69) is 0 Å². The van der Waals surface area contributed by atoms with Crippen LogP contribution in [-0.2, 0) is 6.54 Å². The Hall–Kier alpha value is -1.94. The van der Waals surface area contributed by atoms with E-state index in [9.17, 15) is 4.79 Å². The molecule has 0 bridgehead atoms. The number of carbonyl (C=O) groups excluding carboxylic acids is 1. The first-order valence-electron chi connectivity index (χ1n) is 6.80. The maximum atomic E-state index is 12.7. The van der Waals surface area contributed by atoms with Gasteiger partial charge in [-0.05, 0) is 51.1 Å². The van der Waals surface area contributed by atoms with E-state index in [1.807, 2.05) is 32.9 Å². The van der Waals surface area contributed by atoms with Gasteiger partial charge >= 0.3 is 0 Å². The molecule has 1 aromatic carbocycles. The number of aryl methyl sites for hydroxylation is 1. The van der Waals surface area contributed by atoms with Gasteiger partial charge in [-0.2, -0.15) is 0 Å². The summed E-state index contributed by atoms with van der Waals surface area (Å²) in [5.74, 6) is 1.41. The van der Waals surface area contributed by atoms with Crippen LogP contribution in [0.25, 0.3) is 0 Å². The second kappa shape index (κ2) is 6.22. The molecule has 0 saturated heterocycles. The molecular formula is C16H19ClN2O2. The Bertz CT molecular complexity index is 649. The lowest BCUT2D eigenvalue weighted by Gasteiger charge is -2.26. The Kier molecular flexibility index (Phi) is 4.58. The smallest absolute Gasteiger partial charge is 0.256 e. The third-order valence-electron chi connectivity index (χ3n) is 3.23. The molecule has 5 heteroatoms. The normalized spacial score (nSPS) is 10.9. The van der Waals surface area contributed by atoms with Gasteiger partial charge in [0.1, 0.15) is 11.5 Å². The number of hydrogen-bond acceptors (Lipinski definition) is 3. The van der Waals surface area contributed by atoms with Gasteiger partial charge < -0.3 is 15.1 Å². The average molecular weight is 307 g/mol. The highest BCUT2D eigenvalue weighted by molar-refractivity contribution is 6.34. The molecule has 21 heavy (non-hydrogen) atoms. The zero-order valence-corrected chi connectivity index (χ0v) is 13.1. The first kappa shape index (κ1) is 15.4. The number of halogens is 1. The van der Waals surface area contributed by atoms with Gasteiger partial charge in [-0.15, -0.1) is 0 Å². The quantitative estimate of drug-likeness (QED) is 0.872. The lowest BCUT2D eigenvalue weighted by Crippen LogP contribution is -2.36. The zero-order valence-electron chi connectivity index (χ0n) is 12.4. The van der Waals surface area contributed by atoms with E-state index in [0.29, 0.717) is 22.8 Å². The largest absolute Gasteiger partial charge is 0.464 e. The predicted octanol–water partition coefficient (Wildman–Crippen LogP) is 3.87. The number of amides is 1. The van der Waals surface area contributed by atoms with Crippen molar-refractivity contribution >= 4 is 23.2 Å². The highest BCUT2D eigenvalue weighted by atomic mass is 35.5. The summed E-state index contributed by atoms with van der Waals surface area (Å²) >= 11 is 6.12. The molecular weight excluding hydrogens is 288 g/mol. The van der Waals surface area contributed by atoms with Crippen LogP contribution in [0.3, 0.4) is 0 Å². The fourth-order valence-corrected chi connectivity index (χ4v) is 2.29. The van der Waals surface area contributed by atoms with Crippen LogP contribution < -0.4 is 5.73 Å². The molecule has 2 N–H and O–H groups in total. The second-order valence-electron chi connectivity index (χ2n) is 5.28. The molecule has 0 aliphatic heterocycles. The van der Waals surface area contributed by atoms with Gasteiger partial charge in [0, 0.05) is 11.7 Å². The van der Waals surface area contributed by atoms with E-state index >= 15 is 0 Å². The number of furan rings is 1. The molecule has 0 aliphatic carbocycles. The lowest BCUT2D eigenvalue weighted by atomic mass is 10.1. The minimum atomic E-state index is -0.156. The molecule has 0 radical (unpaired) electrons. The molecule has 0 unspecified atom stereocenters. The molecule has 2 rings (SSSR count). The molecule has 4 nitrogen and oxygen atoms in total. The van der Waals surface area contributed by atoms with Crippen molar-refractivity contribution in [3.63, 3.8) is 0 Å². The molecule has 0 saturated carbocycles. The number of hydrogen-bond donors (Lipinski definition) is 1. The minimum Gasteiger partial charge on any atom is -0.464 e. The van der Waals surface area contributed by atoms with Crippen LogP contribution in [0.4, 0.5) is 5.69 Å². The van der Waals surface area contributed by atoms with Crippen LogP contribution in [0, 0.1) is 6.92 Å². The van der Waals surface area contributed by atoms with Crippen molar-refractivity contribution in [2.75, 3.05) is 5.73 Å². The van der Waals surface area contributed by atoms with Gasteiger partial charge in [0.15, 0.2) is 0 Å². The number of anilines is 1. The summed E-state index contributed by atoms with van der Waals surface area (Å²) in [5, 5.41) is 0.399. The molecule has 1 heterocycles. The highest BCUT2D eigenvalue weighted by Gasteiger charge is 2.22. The van der Waals surface area contributed by atoms with Crippen molar-refractivity contribution in [2.45, 2.75) is 33.4 Å². The molecule has 0 atom stereocenters. The topological polar surface area (TPSA) is 59.5 Å². The Balaban J connectivity index is 2.29. The summed E-state index contributed by atoms with van der Waals surface area (Å²) in [6, 6.07) is 8.69. The average Bonchev–Trinajstić information content (AvgIpc) is 2.83. The van der Waals surface area contributed by atoms with Crippen LogP contribution >= 0.6 is 11.6 Å². The third-order valence-corrected chi connectivity index (χ3v) is 3.56. The summed E-state index contributed by atoms with van der Waals surface area (Å²) in [6.45, 7) is 6.18. The Morgan fingerprint density at radius 1 is 1.33 bits per heavy atom. The summed E-state index contributed by atoms with van der Waals surface area (Å²) in [4.78, 5) is 14.4. The van der Waals surface area contributed by atoms with Crippen molar-refractivity contribution in [3.8, 4) is 0 Å². The first-order valence-corrected chi connectivity index (χ1v) is 7.17. The van der Waals surface area contributed by atoms with Gasteiger partial charge in [0.05, 0.1) is 17.1 Å². The maximum Gasteiger partial charge on any atom is 0.256 e. The monoisotopic (exact) mass is 306 g/mol.